The van der Waals surface area contributed by atoms with Crippen LogP contribution in [-0.2, 0) is 11.2 Å². The van der Waals surface area contributed by atoms with Crippen molar-refractivity contribution in [2.24, 2.45) is 0 Å². The first-order valence-corrected chi connectivity index (χ1v) is 8.42. The number of nitrogens with one attached hydrogen (secondary N) is 1. The van der Waals surface area contributed by atoms with Gasteiger partial charge in [-0.3, -0.25) is 4.79 Å². The Labute approximate surface area is 142 Å². The second kappa shape index (κ2) is 7.86. The fourth-order valence-electron chi connectivity index (χ4n) is 2.98. The molecule has 0 atom stereocenters. The zero-order valence-electron chi connectivity index (χ0n) is 14.0. The minimum Gasteiger partial charge on any atom is -0.497 e. The quantitative estimate of drug-likeness (QED) is 0.866. The Hall–Kier alpha value is -2.49. The SMILES string of the molecule is COc1ccc(CC(=O)Nc2cccc(OC3CCCC3)c2)cc1. The molecule has 0 aromatic heterocycles. The summed E-state index contributed by atoms with van der Waals surface area (Å²) in [6.45, 7) is 0. The number of rotatable bonds is 6. The van der Waals surface area contributed by atoms with E-state index >= 15 is 0 Å². The largest absolute Gasteiger partial charge is 0.497 e. The molecule has 126 valence electrons. The van der Waals surface area contributed by atoms with Crippen LogP contribution < -0.4 is 14.8 Å². The molecule has 0 aliphatic heterocycles. The molecule has 4 nitrogen and oxygen atoms in total. The van der Waals surface area contributed by atoms with Gasteiger partial charge >= 0.3 is 0 Å². The molecule has 0 spiro atoms. The molecule has 2 aromatic rings. The molecule has 24 heavy (non-hydrogen) atoms. The van der Waals surface area contributed by atoms with E-state index in [0.29, 0.717) is 12.5 Å². The predicted molar refractivity (Wildman–Crippen MR) is 94.7 cm³/mol. The lowest BCUT2D eigenvalue weighted by Crippen LogP contribution is -2.15. The molecule has 0 heterocycles. The van der Waals surface area contributed by atoms with Gasteiger partial charge in [0.05, 0.1) is 19.6 Å². The van der Waals surface area contributed by atoms with Crippen LogP contribution in [0.3, 0.4) is 0 Å². The molecule has 0 radical (unpaired) electrons. The van der Waals surface area contributed by atoms with Gasteiger partial charge < -0.3 is 14.8 Å². The van der Waals surface area contributed by atoms with Gasteiger partial charge in [-0.15, -0.1) is 0 Å². The number of carbonyl (C=O) groups excluding carboxylic acids is 1. The van der Waals surface area contributed by atoms with Crippen LogP contribution in [0.1, 0.15) is 31.2 Å². The topological polar surface area (TPSA) is 47.6 Å². The van der Waals surface area contributed by atoms with Gasteiger partial charge in [-0.1, -0.05) is 18.2 Å². The third-order valence-corrected chi connectivity index (χ3v) is 4.25. The molecule has 0 bridgehead atoms. The molecular formula is C20H23NO3. The van der Waals surface area contributed by atoms with Crippen molar-refractivity contribution in [3.8, 4) is 11.5 Å². The molecule has 1 amide bonds. The highest BCUT2D eigenvalue weighted by Gasteiger charge is 2.16. The van der Waals surface area contributed by atoms with Crippen LogP contribution in [0.4, 0.5) is 5.69 Å². The first-order chi connectivity index (χ1) is 11.7. The fraction of sp³-hybridized carbons (Fsp3) is 0.350. The third kappa shape index (κ3) is 4.51. The van der Waals surface area contributed by atoms with Crippen LogP contribution in [-0.4, -0.2) is 19.1 Å². The van der Waals surface area contributed by atoms with E-state index in [0.717, 1.165) is 35.6 Å². The van der Waals surface area contributed by atoms with Crippen molar-refractivity contribution in [2.75, 3.05) is 12.4 Å². The van der Waals surface area contributed by atoms with Crippen molar-refractivity contribution in [2.45, 2.75) is 38.2 Å². The smallest absolute Gasteiger partial charge is 0.228 e. The third-order valence-electron chi connectivity index (χ3n) is 4.25. The highest BCUT2D eigenvalue weighted by Crippen LogP contribution is 2.25. The number of hydrogen-bond acceptors (Lipinski definition) is 3. The first kappa shape index (κ1) is 16.4. The summed E-state index contributed by atoms with van der Waals surface area (Å²) in [6, 6.07) is 15.1. The molecular weight excluding hydrogens is 302 g/mol. The van der Waals surface area contributed by atoms with Crippen molar-refractivity contribution < 1.29 is 14.3 Å². The average Bonchev–Trinajstić information content (AvgIpc) is 3.09. The summed E-state index contributed by atoms with van der Waals surface area (Å²) in [6.07, 6.45) is 5.36. The number of ether oxygens (including phenoxy) is 2. The lowest BCUT2D eigenvalue weighted by Gasteiger charge is -2.14. The number of methoxy groups -OCH3 is 1. The van der Waals surface area contributed by atoms with Crippen LogP contribution >= 0.6 is 0 Å². The Morgan fingerprint density at radius 1 is 1.08 bits per heavy atom. The molecule has 1 saturated carbocycles. The fourth-order valence-corrected chi connectivity index (χ4v) is 2.98. The summed E-state index contributed by atoms with van der Waals surface area (Å²) in [5.41, 5.74) is 1.72. The Kier molecular flexibility index (Phi) is 5.36. The van der Waals surface area contributed by atoms with Gasteiger partial charge in [0.1, 0.15) is 11.5 Å². The number of benzene rings is 2. The van der Waals surface area contributed by atoms with Crippen molar-refractivity contribution >= 4 is 11.6 Å². The standard InChI is InChI=1S/C20H23NO3/c1-23-17-11-9-15(10-12-17)13-20(22)21-16-5-4-8-19(14-16)24-18-6-2-3-7-18/h4-5,8-12,14,18H,2-3,6-7,13H2,1H3,(H,21,22). The first-order valence-electron chi connectivity index (χ1n) is 8.42. The Balaban J connectivity index is 1.57. The van der Waals surface area contributed by atoms with E-state index in [-0.39, 0.29) is 5.91 Å². The Morgan fingerprint density at radius 2 is 1.83 bits per heavy atom. The maximum atomic E-state index is 12.2. The second-order valence-corrected chi connectivity index (χ2v) is 6.13. The van der Waals surface area contributed by atoms with E-state index in [1.54, 1.807) is 7.11 Å². The van der Waals surface area contributed by atoms with E-state index in [1.807, 2.05) is 48.5 Å². The van der Waals surface area contributed by atoms with Crippen LogP contribution in [0.5, 0.6) is 11.5 Å². The molecule has 1 N–H and O–H groups in total. The van der Waals surface area contributed by atoms with E-state index in [4.69, 9.17) is 9.47 Å². The summed E-state index contributed by atoms with van der Waals surface area (Å²) < 4.78 is 11.1. The minimum atomic E-state index is -0.0433. The van der Waals surface area contributed by atoms with E-state index in [9.17, 15) is 4.79 Å². The molecule has 2 aromatic carbocycles. The van der Waals surface area contributed by atoms with Gasteiger partial charge in [-0.2, -0.15) is 0 Å². The number of carbonyl (C=O) groups is 1. The van der Waals surface area contributed by atoms with Gasteiger partial charge in [0, 0.05) is 11.8 Å². The summed E-state index contributed by atoms with van der Waals surface area (Å²) in [5.74, 6) is 1.57. The van der Waals surface area contributed by atoms with Gasteiger partial charge in [0.2, 0.25) is 5.91 Å². The number of anilines is 1. The van der Waals surface area contributed by atoms with Crippen LogP contribution in [0, 0.1) is 0 Å². The Bertz CT molecular complexity index is 676. The molecule has 3 rings (SSSR count). The molecule has 1 fully saturated rings. The van der Waals surface area contributed by atoms with Crippen LogP contribution in [0.15, 0.2) is 48.5 Å². The monoisotopic (exact) mass is 325 g/mol. The number of hydrogen-bond donors (Lipinski definition) is 1. The van der Waals surface area contributed by atoms with Crippen LogP contribution in [0.25, 0.3) is 0 Å². The summed E-state index contributed by atoms with van der Waals surface area (Å²) in [5, 5.41) is 2.93. The zero-order valence-corrected chi connectivity index (χ0v) is 14.0. The van der Waals surface area contributed by atoms with Gasteiger partial charge in [0.25, 0.3) is 0 Å². The van der Waals surface area contributed by atoms with E-state index in [1.165, 1.54) is 12.8 Å². The molecule has 4 heteroatoms. The van der Waals surface area contributed by atoms with E-state index in [2.05, 4.69) is 5.32 Å². The maximum absolute atomic E-state index is 12.2. The maximum Gasteiger partial charge on any atom is 0.228 e. The molecule has 1 aliphatic rings. The summed E-state index contributed by atoms with van der Waals surface area (Å²) in [7, 11) is 1.63. The van der Waals surface area contributed by atoms with Crippen molar-refractivity contribution in [3.63, 3.8) is 0 Å². The highest BCUT2D eigenvalue weighted by molar-refractivity contribution is 5.92. The lowest BCUT2D eigenvalue weighted by molar-refractivity contribution is -0.115. The van der Waals surface area contributed by atoms with Gasteiger partial charge in [0.15, 0.2) is 0 Å². The normalized spacial score (nSPS) is 14.4. The molecule has 0 unspecified atom stereocenters. The Morgan fingerprint density at radius 3 is 2.54 bits per heavy atom. The predicted octanol–water partition coefficient (Wildman–Crippen LogP) is 4.20. The molecule has 0 saturated heterocycles. The second-order valence-electron chi connectivity index (χ2n) is 6.13. The average molecular weight is 325 g/mol. The van der Waals surface area contributed by atoms with Crippen molar-refractivity contribution in [1.29, 1.82) is 0 Å². The lowest BCUT2D eigenvalue weighted by atomic mass is 10.1. The van der Waals surface area contributed by atoms with Gasteiger partial charge in [-0.25, -0.2) is 0 Å². The minimum absolute atomic E-state index is 0.0433. The summed E-state index contributed by atoms with van der Waals surface area (Å²) >= 11 is 0. The van der Waals surface area contributed by atoms with Gasteiger partial charge in [-0.05, 0) is 55.5 Å². The van der Waals surface area contributed by atoms with Crippen LogP contribution in [0.2, 0.25) is 0 Å². The molecule has 1 aliphatic carbocycles. The number of amides is 1. The van der Waals surface area contributed by atoms with Crippen molar-refractivity contribution in [3.05, 3.63) is 54.1 Å². The van der Waals surface area contributed by atoms with Crippen molar-refractivity contribution in [1.82, 2.24) is 0 Å². The highest BCUT2D eigenvalue weighted by atomic mass is 16.5. The van der Waals surface area contributed by atoms with E-state index < -0.39 is 0 Å². The zero-order chi connectivity index (χ0) is 16.8. The summed E-state index contributed by atoms with van der Waals surface area (Å²) in [4.78, 5) is 12.2.